The van der Waals surface area contributed by atoms with Crippen molar-refractivity contribution in [3.8, 4) is 0 Å². The molecule has 0 atom stereocenters. The van der Waals surface area contributed by atoms with Crippen molar-refractivity contribution in [3.05, 3.63) is 54.1 Å². The Kier molecular flexibility index (Phi) is 16.7. The van der Waals surface area contributed by atoms with E-state index in [-0.39, 0.29) is 0 Å². The molecule has 1 aromatic carbocycles. The highest BCUT2D eigenvalue weighted by molar-refractivity contribution is 5.14. The zero-order chi connectivity index (χ0) is 23.2. The van der Waals surface area contributed by atoms with E-state index < -0.39 is 0 Å². The molecule has 186 valence electrons. The highest BCUT2D eigenvalue weighted by atomic mass is 15.1. The van der Waals surface area contributed by atoms with E-state index in [1.807, 2.05) is 6.20 Å². The topological polar surface area (TPSA) is 17.8 Å². The molecular formula is C31H52N2. The molecule has 1 aromatic heterocycles. The van der Waals surface area contributed by atoms with Crippen LogP contribution < -0.4 is 0 Å². The van der Waals surface area contributed by atoms with Crippen LogP contribution in [0.3, 0.4) is 0 Å². The highest BCUT2D eigenvalue weighted by Gasteiger charge is 2.03. The van der Waals surface area contributed by atoms with E-state index >= 15 is 0 Å². The molecular weight excluding hydrogens is 400 g/mol. The number of unbranched alkanes of at least 4 members (excludes halogenated alkanes) is 16. The molecule has 1 heterocycles. The second kappa shape index (κ2) is 19.9. The first kappa shape index (κ1) is 27.7. The predicted octanol–water partition coefficient (Wildman–Crippen LogP) is 9.71. The van der Waals surface area contributed by atoms with Gasteiger partial charge < -0.3 is 4.57 Å². The van der Waals surface area contributed by atoms with Crippen molar-refractivity contribution in [2.75, 3.05) is 0 Å². The summed E-state index contributed by atoms with van der Waals surface area (Å²) in [6, 6.07) is 10.8. The number of aromatic nitrogens is 2. The molecule has 0 spiro atoms. The monoisotopic (exact) mass is 452 g/mol. The number of aryl methyl sites for hydroxylation is 3. The average Bonchev–Trinajstić information content (AvgIpc) is 3.29. The maximum absolute atomic E-state index is 4.62. The fourth-order valence-corrected chi connectivity index (χ4v) is 4.88. The van der Waals surface area contributed by atoms with Crippen molar-refractivity contribution in [2.24, 2.45) is 0 Å². The number of rotatable bonds is 22. The summed E-state index contributed by atoms with van der Waals surface area (Å²) in [6.07, 6.45) is 31.9. The van der Waals surface area contributed by atoms with Crippen LogP contribution in [0.4, 0.5) is 0 Å². The van der Waals surface area contributed by atoms with Gasteiger partial charge in [0.15, 0.2) is 0 Å². The average molecular weight is 453 g/mol. The lowest BCUT2D eigenvalue weighted by molar-refractivity contribution is 0.524. The van der Waals surface area contributed by atoms with Crippen LogP contribution in [0.5, 0.6) is 0 Å². The lowest BCUT2D eigenvalue weighted by atomic mass is 10.0. The lowest BCUT2D eigenvalue weighted by Crippen LogP contribution is -2.04. The summed E-state index contributed by atoms with van der Waals surface area (Å²) < 4.78 is 2.37. The maximum Gasteiger partial charge on any atom is 0.108 e. The minimum absolute atomic E-state index is 1.09. The van der Waals surface area contributed by atoms with Crippen LogP contribution in [0.2, 0.25) is 0 Å². The van der Waals surface area contributed by atoms with E-state index in [1.54, 1.807) is 0 Å². The first-order chi connectivity index (χ1) is 16.4. The Hall–Kier alpha value is -1.57. The number of hydrogen-bond acceptors (Lipinski definition) is 1. The van der Waals surface area contributed by atoms with Crippen LogP contribution in [-0.4, -0.2) is 9.55 Å². The van der Waals surface area contributed by atoms with Gasteiger partial charge in [0.05, 0.1) is 0 Å². The van der Waals surface area contributed by atoms with Gasteiger partial charge in [-0.25, -0.2) is 4.98 Å². The van der Waals surface area contributed by atoms with Gasteiger partial charge >= 0.3 is 0 Å². The van der Waals surface area contributed by atoms with Crippen molar-refractivity contribution < 1.29 is 0 Å². The van der Waals surface area contributed by atoms with Crippen LogP contribution in [0, 0.1) is 0 Å². The van der Waals surface area contributed by atoms with Gasteiger partial charge in [0.1, 0.15) is 5.82 Å². The number of imidazole rings is 1. The maximum atomic E-state index is 4.62. The fourth-order valence-electron chi connectivity index (χ4n) is 4.88. The van der Waals surface area contributed by atoms with Crippen molar-refractivity contribution in [1.29, 1.82) is 0 Å². The molecule has 0 amide bonds. The van der Waals surface area contributed by atoms with Gasteiger partial charge in [0.25, 0.3) is 0 Å². The summed E-state index contributed by atoms with van der Waals surface area (Å²) in [6.45, 7) is 3.39. The summed E-state index contributed by atoms with van der Waals surface area (Å²) in [5.41, 5.74) is 1.44. The van der Waals surface area contributed by atoms with Gasteiger partial charge in [0, 0.05) is 25.4 Å². The molecule has 0 bridgehead atoms. The van der Waals surface area contributed by atoms with Gasteiger partial charge in [-0.2, -0.15) is 0 Å². The van der Waals surface area contributed by atoms with Crippen LogP contribution in [0.1, 0.15) is 134 Å². The van der Waals surface area contributed by atoms with Gasteiger partial charge in [-0.05, 0) is 24.8 Å². The Bertz CT molecular complexity index is 661. The zero-order valence-corrected chi connectivity index (χ0v) is 21.8. The number of hydrogen-bond donors (Lipinski definition) is 0. The highest BCUT2D eigenvalue weighted by Crippen LogP contribution is 2.15. The number of nitrogens with zero attached hydrogens (tertiary/aromatic N) is 2. The lowest BCUT2D eigenvalue weighted by Gasteiger charge is -2.08. The fraction of sp³-hybridized carbons (Fsp3) is 0.710. The number of benzene rings is 1. The van der Waals surface area contributed by atoms with Crippen molar-refractivity contribution in [1.82, 2.24) is 9.55 Å². The van der Waals surface area contributed by atoms with Crippen LogP contribution >= 0.6 is 0 Å². The second-order valence-corrected chi connectivity index (χ2v) is 10.0. The van der Waals surface area contributed by atoms with E-state index in [0.717, 1.165) is 19.4 Å². The van der Waals surface area contributed by atoms with Crippen molar-refractivity contribution >= 4 is 0 Å². The molecule has 2 nitrogen and oxygen atoms in total. The van der Waals surface area contributed by atoms with Crippen LogP contribution in [-0.2, 0) is 19.4 Å². The predicted molar refractivity (Wildman–Crippen MR) is 145 cm³/mol. The largest absolute Gasteiger partial charge is 0.335 e. The molecule has 0 saturated carbocycles. The van der Waals surface area contributed by atoms with E-state index in [2.05, 4.69) is 53.0 Å². The molecule has 0 aliphatic heterocycles. The Morgan fingerprint density at radius 3 is 1.64 bits per heavy atom. The summed E-state index contributed by atoms with van der Waals surface area (Å²) in [4.78, 5) is 4.62. The third kappa shape index (κ3) is 14.3. The van der Waals surface area contributed by atoms with Gasteiger partial charge in [-0.15, -0.1) is 0 Å². The standard InChI is InChI=1S/C31H52N2/c1-2-3-4-5-6-7-8-9-10-11-12-13-14-15-16-17-21-26-31-32-27-29-33(31)28-22-25-30-23-19-18-20-24-30/h18-20,23-24,27,29H,2-17,21-22,25-26,28H2,1H3. The summed E-state index contributed by atoms with van der Waals surface area (Å²) in [5.74, 6) is 1.28. The van der Waals surface area contributed by atoms with Crippen molar-refractivity contribution in [3.63, 3.8) is 0 Å². The minimum Gasteiger partial charge on any atom is -0.335 e. The normalized spacial score (nSPS) is 11.3. The summed E-state index contributed by atoms with van der Waals surface area (Å²) in [7, 11) is 0. The third-order valence-corrected chi connectivity index (χ3v) is 7.01. The SMILES string of the molecule is CCCCCCCCCCCCCCCCCCCc1nccn1CCCc1ccccc1. The molecule has 0 unspecified atom stereocenters. The minimum atomic E-state index is 1.09. The van der Waals surface area contributed by atoms with Gasteiger partial charge in [0.2, 0.25) is 0 Å². The van der Waals surface area contributed by atoms with Gasteiger partial charge in [-0.3, -0.25) is 0 Å². The van der Waals surface area contributed by atoms with Crippen LogP contribution in [0.25, 0.3) is 0 Å². The molecule has 0 aliphatic rings. The summed E-state index contributed by atoms with van der Waals surface area (Å²) >= 11 is 0. The molecule has 0 radical (unpaired) electrons. The summed E-state index contributed by atoms with van der Waals surface area (Å²) in [5, 5.41) is 0. The molecule has 0 N–H and O–H groups in total. The van der Waals surface area contributed by atoms with E-state index in [9.17, 15) is 0 Å². The Morgan fingerprint density at radius 1 is 0.576 bits per heavy atom. The molecule has 0 saturated heterocycles. The Balaban J connectivity index is 1.35. The second-order valence-electron chi connectivity index (χ2n) is 10.0. The Labute approximate surface area is 205 Å². The molecule has 2 aromatic rings. The molecule has 2 rings (SSSR count). The molecule has 0 fully saturated rings. The van der Waals surface area contributed by atoms with Gasteiger partial charge in [-0.1, -0.05) is 140 Å². The van der Waals surface area contributed by atoms with E-state index in [1.165, 1.54) is 127 Å². The Morgan fingerprint density at radius 2 is 1.09 bits per heavy atom. The van der Waals surface area contributed by atoms with E-state index in [4.69, 9.17) is 0 Å². The zero-order valence-electron chi connectivity index (χ0n) is 21.8. The van der Waals surface area contributed by atoms with Crippen LogP contribution in [0.15, 0.2) is 42.7 Å². The molecule has 2 heteroatoms. The molecule has 0 aliphatic carbocycles. The quantitative estimate of drug-likeness (QED) is 0.163. The third-order valence-electron chi connectivity index (χ3n) is 7.01. The van der Waals surface area contributed by atoms with Crippen molar-refractivity contribution in [2.45, 2.75) is 142 Å². The first-order valence-electron chi connectivity index (χ1n) is 14.4. The molecule has 33 heavy (non-hydrogen) atoms. The van der Waals surface area contributed by atoms with E-state index in [0.29, 0.717) is 0 Å². The first-order valence-corrected chi connectivity index (χ1v) is 14.4. The smallest absolute Gasteiger partial charge is 0.108 e.